The van der Waals surface area contributed by atoms with Gasteiger partial charge in [0.1, 0.15) is 18.0 Å². The number of aliphatic hydroxyl groups is 1. The number of anilines is 2. The lowest BCUT2D eigenvalue weighted by Crippen LogP contribution is -2.32. The molecule has 128 valence electrons. The Labute approximate surface area is 147 Å². The summed E-state index contributed by atoms with van der Waals surface area (Å²) in [4.78, 5) is 12.1. The van der Waals surface area contributed by atoms with Crippen molar-refractivity contribution in [1.29, 1.82) is 0 Å². The molecule has 2 heterocycles. The van der Waals surface area contributed by atoms with Gasteiger partial charge in [0.15, 0.2) is 0 Å². The summed E-state index contributed by atoms with van der Waals surface area (Å²) in [5.74, 6) is 1.73. The van der Waals surface area contributed by atoms with Crippen LogP contribution in [0.25, 0.3) is 0 Å². The second-order valence-corrected chi connectivity index (χ2v) is 7.57. The first-order valence-electron chi connectivity index (χ1n) is 8.41. The molecular weight excluding hydrogens is 320 g/mol. The predicted octanol–water partition coefficient (Wildman–Crippen LogP) is 3.03. The normalized spacial score (nSPS) is 18.6. The van der Waals surface area contributed by atoms with E-state index in [9.17, 15) is 5.11 Å². The second kappa shape index (κ2) is 8.35. The Hall–Kier alpha value is -1.79. The van der Waals surface area contributed by atoms with E-state index in [4.69, 9.17) is 0 Å². The molecule has 0 saturated carbocycles. The molecule has 2 unspecified atom stereocenters. The first-order valence-corrected chi connectivity index (χ1v) is 9.29. The summed E-state index contributed by atoms with van der Waals surface area (Å²) < 4.78 is 0. The topological polar surface area (TPSA) is 61.3 Å². The van der Waals surface area contributed by atoms with E-state index in [1.54, 1.807) is 6.33 Å². The summed E-state index contributed by atoms with van der Waals surface area (Å²) >= 11 is 1.85. The third kappa shape index (κ3) is 4.39. The standard InChI is InChI=1S/C18H24N4OS/c1-14(24-16-7-3-2-4-8-16)11-19-17-10-18(21-13-20-17)22-9-5-6-15(22)12-23/h2-4,7-8,10,13-15,23H,5-6,9,11-12H2,1H3,(H,19,20,21). The van der Waals surface area contributed by atoms with Gasteiger partial charge >= 0.3 is 0 Å². The molecule has 0 aliphatic carbocycles. The number of nitrogens with zero attached hydrogens (tertiary/aromatic N) is 3. The molecule has 0 radical (unpaired) electrons. The summed E-state index contributed by atoms with van der Waals surface area (Å²) in [6, 6.07) is 12.6. The molecule has 1 saturated heterocycles. The van der Waals surface area contributed by atoms with E-state index in [1.807, 2.05) is 23.9 Å². The predicted molar refractivity (Wildman–Crippen MR) is 99.7 cm³/mol. The van der Waals surface area contributed by atoms with Gasteiger partial charge in [-0.1, -0.05) is 25.1 Å². The molecule has 24 heavy (non-hydrogen) atoms. The summed E-state index contributed by atoms with van der Waals surface area (Å²) in [5, 5.41) is 13.3. The van der Waals surface area contributed by atoms with Crippen LogP contribution in [-0.2, 0) is 0 Å². The van der Waals surface area contributed by atoms with Crippen molar-refractivity contribution < 1.29 is 5.11 Å². The maximum absolute atomic E-state index is 9.48. The fourth-order valence-corrected chi connectivity index (χ4v) is 3.89. The molecule has 5 nitrogen and oxygen atoms in total. The Morgan fingerprint density at radius 2 is 2.17 bits per heavy atom. The maximum atomic E-state index is 9.48. The summed E-state index contributed by atoms with van der Waals surface area (Å²) in [6.07, 6.45) is 3.72. The molecule has 3 rings (SSSR count). The highest BCUT2D eigenvalue weighted by molar-refractivity contribution is 8.00. The lowest BCUT2D eigenvalue weighted by atomic mass is 10.2. The third-order valence-electron chi connectivity index (χ3n) is 4.19. The van der Waals surface area contributed by atoms with Gasteiger partial charge in [0.25, 0.3) is 0 Å². The van der Waals surface area contributed by atoms with Gasteiger partial charge in [-0.25, -0.2) is 9.97 Å². The minimum Gasteiger partial charge on any atom is -0.394 e. The largest absolute Gasteiger partial charge is 0.394 e. The SMILES string of the molecule is CC(CNc1cc(N2CCCC2CO)ncn1)Sc1ccccc1. The summed E-state index contributed by atoms with van der Waals surface area (Å²) in [5.41, 5.74) is 0. The minimum absolute atomic E-state index is 0.178. The minimum atomic E-state index is 0.178. The van der Waals surface area contributed by atoms with Crippen molar-refractivity contribution in [2.75, 3.05) is 29.9 Å². The first-order chi connectivity index (χ1) is 11.8. The Kier molecular flexibility index (Phi) is 5.93. The first kappa shape index (κ1) is 17.0. The highest BCUT2D eigenvalue weighted by Crippen LogP contribution is 2.25. The number of hydrogen-bond acceptors (Lipinski definition) is 6. The van der Waals surface area contributed by atoms with Crippen LogP contribution < -0.4 is 10.2 Å². The number of rotatable bonds is 7. The quantitative estimate of drug-likeness (QED) is 0.753. The highest BCUT2D eigenvalue weighted by Gasteiger charge is 2.25. The smallest absolute Gasteiger partial charge is 0.134 e. The van der Waals surface area contributed by atoms with Crippen molar-refractivity contribution in [2.24, 2.45) is 0 Å². The zero-order valence-electron chi connectivity index (χ0n) is 13.9. The van der Waals surface area contributed by atoms with E-state index in [1.165, 1.54) is 4.90 Å². The van der Waals surface area contributed by atoms with Gasteiger partial charge in [-0.2, -0.15) is 0 Å². The molecule has 2 atom stereocenters. The van der Waals surface area contributed by atoms with Crippen LogP contribution in [0.2, 0.25) is 0 Å². The zero-order valence-corrected chi connectivity index (χ0v) is 14.7. The molecule has 0 bridgehead atoms. The molecular formula is C18H24N4OS. The second-order valence-electron chi connectivity index (χ2n) is 6.06. The number of benzene rings is 1. The third-order valence-corrected chi connectivity index (χ3v) is 5.30. The molecule has 1 aliphatic rings. The fourth-order valence-electron chi connectivity index (χ4n) is 2.95. The van der Waals surface area contributed by atoms with Crippen molar-refractivity contribution >= 4 is 23.4 Å². The fraction of sp³-hybridized carbons (Fsp3) is 0.444. The van der Waals surface area contributed by atoms with Crippen molar-refractivity contribution in [3.8, 4) is 0 Å². The van der Waals surface area contributed by atoms with E-state index in [0.717, 1.165) is 37.6 Å². The summed E-state index contributed by atoms with van der Waals surface area (Å²) in [7, 11) is 0. The van der Waals surface area contributed by atoms with Crippen LogP contribution in [0.15, 0.2) is 47.6 Å². The van der Waals surface area contributed by atoms with Crippen LogP contribution in [-0.4, -0.2) is 46.1 Å². The highest BCUT2D eigenvalue weighted by atomic mass is 32.2. The van der Waals surface area contributed by atoms with Gasteiger partial charge in [0, 0.05) is 29.3 Å². The van der Waals surface area contributed by atoms with E-state index >= 15 is 0 Å². The average molecular weight is 344 g/mol. The van der Waals surface area contributed by atoms with Crippen LogP contribution in [0.3, 0.4) is 0 Å². The lowest BCUT2D eigenvalue weighted by molar-refractivity contribution is 0.266. The zero-order chi connectivity index (χ0) is 16.8. The Bertz CT molecular complexity index is 640. The van der Waals surface area contributed by atoms with Crippen LogP contribution in [0.5, 0.6) is 0 Å². The molecule has 6 heteroatoms. The average Bonchev–Trinajstić information content (AvgIpc) is 3.10. The molecule has 1 fully saturated rings. The Morgan fingerprint density at radius 3 is 2.96 bits per heavy atom. The van der Waals surface area contributed by atoms with Crippen LogP contribution in [0, 0.1) is 0 Å². The van der Waals surface area contributed by atoms with Crippen LogP contribution in [0.4, 0.5) is 11.6 Å². The molecule has 1 aromatic carbocycles. The van der Waals surface area contributed by atoms with Crippen molar-refractivity contribution in [3.63, 3.8) is 0 Å². The number of aliphatic hydroxyl groups excluding tert-OH is 1. The maximum Gasteiger partial charge on any atom is 0.134 e. The Balaban J connectivity index is 1.56. The molecule has 0 amide bonds. The molecule has 1 aromatic heterocycles. The van der Waals surface area contributed by atoms with Crippen molar-refractivity contribution in [2.45, 2.75) is 36.0 Å². The van der Waals surface area contributed by atoms with Crippen LogP contribution in [0.1, 0.15) is 19.8 Å². The van der Waals surface area contributed by atoms with Gasteiger partial charge in [0.05, 0.1) is 12.6 Å². The molecule has 2 aromatic rings. The molecule has 2 N–H and O–H groups in total. The van der Waals surface area contributed by atoms with E-state index in [2.05, 4.69) is 51.4 Å². The van der Waals surface area contributed by atoms with Crippen LogP contribution >= 0.6 is 11.8 Å². The summed E-state index contributed by atoms with van der Waals surface area (Å²) in [6.45, 7) is 4.16. The van der Waals surface area contributed by atoms with E-state index in [0.29, 0.717) is 5.25 Å². The van der Waals surface area contributed by atoms with Gasteiger partial charge in [0.2, 0.25) is 0 Å². The lowest BCUT2D eigenvalue weighted by Gasteiger charge is -2.24. The number of aromatic nitrogens is 2. The number of thioether (sulfide) groups is 1. The molecule has 0 spiro atoms. The number of hydrogen-bond donors (Lipinski definition) is 2. The number of nitrogens with one attached hydrogen (secondary N) is 1. The van der Waals surface area contributed by atoms with E-state index in [-0.39, 0.29) is 12.6 Å². The van der Waals surface area contributed by atoms with Crippen molar-refractivity contribution in [3.05, 3.63) is 42.7 Å². The van der Waals surface area contributed by atoms with Gasteiger partial charge < -0.3 is 15.3 Å². The molecule has 1 aliphatic heterocycles. The van der Waals surface area contributed by atoms with Gasteiger partial charge in [-0.3, -0.25) is 0 Å². The van der Waals surface area contributed by atoms with Crippen molar-refractivity contribution in [1.82, 2.24) is 9.97 Å². The monoisotopic (exact) mass is 344 g/mol. The van der Waals surface area contributed by atoms with Gasteiger partial charge in [-0.05, 0) is 25.0 Å². The van der Waals surface area contributed by atoms with E-state index < -0.39 is 0 Å². The van der Waals surface area contributed by atoms with Gasteiger partial charge in [-0.15, -0.1) is 11.8 Å². The Morgan fingerprint density at radius 1 is 1.33 bits per heavy atom.